The van der Waals surface area contributed by atoms with Gasteiger partial charge in [-0.25, -0.2) is 9.29 Å². The van der Waals surface area contributed by atoms with Gasteiger partial charge in [-0.1, -0.05) is 19.9 Å². The molecule has 9 nitrogen and oxygen atoms in total. The summed E-state index contributed by atoms with van der Waals surface area (Å²) in [6, 6.07) is 3.48. The van der Waals surface area contributed by atoms with E-state index in [2.05, 4.69) is 10.3 Å². The minimum atomic E-state index is -4.27. The van der Waals surface area contributed by atoms with Gasteiger partial charge in [0.2, 0.25) is 11.8 Å². The Morgan fingerprint density at radius 3 is 2.71 bits per heavy atom. The van der Waals surface area contributed by atoms with E-state index in [4.69, 9.17) is 5.73 Å². The zero-order valence-corrected chi connectivity index (χ0v) is 16.9. The molecule has 1 aliphatic heterocycles. The topological polar surface area (TPSA) is 143 Å². The number of aliphatic hydroxyl groups excluding tert-OH is 1. The van der Waals surface area contributed by atoms with Gasteiger partial charge in [-0.2, -0.15) is 8.42 Å². The number of β-amino-alcohol motifs (C(OH)–C–C–N with tert-alkyl or cyclic N) is 1. The van der Waals surface area contributed by atoms with Crippen LogP contribution >= 0.6 is 0 Å². The first-order valence-corrected chi connectivity index (χ1v) is 10.7. The second kappa shape index (κ2) is 9.44. The lowest BCUT2D eigenvalue weighted by atomic mass is 9.99. The number of carbonyl (C=O) groups excluding carboxylic acids is 2. The van der Waals surface area contributed by atoms with Crippen molar-refractivity contribution in [1.82, 2.24) is 14.6 Å². The van der Waals surface area contributed by atoms with E-state index in [1.807, 2.05) is 6.92 Å². The van der Waals surface area contributed by atoms with Crippen molar-refractivity contribution in [3.05, 3.63) is 24.4 Å². The number of pyridine rings is 1. The minimum Gasteiger partial charge on any atom is -0.390 e. The first-order chi connectivity index (χ1) is 13.1. The van der Waals surface area contributed by atoms with Gasteiger partial charge < -0.3 is 16.2 Å². The van der Waals surface area contributed by atoms with Gasteiger partial charge in [0.05, 0.1) is 12.1 Å². The average Bonchev–Trinajstić information content (AvgIpc) is 2.81. The molecule has 156 valence electrons. The molecule has 0 saturated carbocycles. The van der Waals surface area contributed by atoms with E-state index >= 15 is 0 Å². The molecular formula is C18H28N4O5S. The van der Waals surface area contributed by atoms with Gasteiger partial charge >= 0.3 is 0 Å². The molecule has 28 heavy (non-hydrogen) atoms. The monoisotopic (exact) mass is 412 g/mol. The Hall–Kier alpha value is -2.04. The van der Waals surface area contributed by atoms with Crippen molar-refractivity contribution >= 4 is 21.8 Å². The summed E-state index contributed by atoms with van der Waals surface area (Å²) in [5, 5.41) is 13.4. The highest BCUT2D eigenvalue weighted by Gasteiger charge is 2.41. The van der Waals surface area contributed by atoms with Crippen molar-refractivity contribution in [2.75, 3.05) is 13.1 Å². The van der Waals surface area contributed by atoms with Crippen LogP contribution in [0.3, 0.4) is 0 Å². The lowest BCUT2D eigenvalue weighted by Crippen LogP contribution is -2.52. The lowest BCUT2D eigenvalue weighted by Gasteiger charge is -2.33. The second-order valence-corrected chi connectivity index (χ2v) is 9.10. The lowest BCUT2D eigenvalue weighted by molar-refractivity contribution is -0.130. The summed E-state index contributed by atoms with van der Waals surface area (Å²) in [6.45, 7) is 4.29. The van der Waals surface area contributed by atoms with Crippen LogP contribution in [-0.2, 0) is 19.6 Å². The number of rotatable bonds is 7. The highest BCUT2D eigenvalue weighted by molar-refractivity contribution is 7.89. The van der Waals surface area contributed by atoms with E-state index in [9.17, 15) is 23.1 Å². The van der Waals surface area contributed by atoms with Crippen LogP contribution in [-0.4, -0.2) is 59.9 Å². The van der Waals surface area contributed by atoms with E-state index < -0.39 is 39.9 Å². The molecule has 1 saturated heterocycles. The Kier molecular flexibility index (Phi) is 7.50. The molecular weight excluding hydrogens is 384 g/mol. The molecule has 1 aromatic rings. The zero-order valence-electron chi connectivity index (χ0n) is 16.1. The summed E-state index contributed by atoms with van der Waals surface area (Å²) < 4.78 is 27.2. The standard InChI is InChI=1S/C18H28N4O5S/c1-12-9-14(15(23)11-20-10-12)22(17(24)7-6-13(2)18(19)25)28(26,27)16-5-3-4-8-21-16/h3-5,8,12-15,20,23H,6-7,9-11H2,1-2H3,(H2,19,25)/t12?,13?,14?,15-/m0/s1. The summed E-state index contributed by atoms with van der Waals surface area (Å²) in [6.07, 6.45) is 0.539. The van der Waals surface area contributed by atoms with Crippen molar-refractivity contribution in [3.8, 4) is 0 Å². The van der Waals surface area contributed by atoms with Gasteiger partial charge in [-0.05, 0) is 37.4 Å². The van der Waals surface area contributed by atoms with Crippen LogP contribution in [0.15, 0.2) is 29.4 Å². The normalized spacial score (nSPS) is 24.2. The van der Waals surface area contributed by atoms with Gasteiger partial charge in [0.1, 0.15) is 0 Å². The van der Waals surface area contributed by atoms with Crippen molar-refractivity contribution in [2.24, 2.45) is 17.6 Å². The molecule has 0 spiro atoms. The maximum absolute atomic E-state index is 13.2. The van der Waals surface area contributed by atoms with Crippen molar-refractivity contribution < 1.29 is 23.1 Å². The maximum atomic E-state index is 13.2. The number of hydrogen-bond acceptors (Lipinski definition) is 7. The fraction of sp³-hybridized carbons (Fsp3) is 0.611. The largest absolute Gasteiger partial charge is 0.390 e. The fourth-order valence-corrected chi connectivity index (χ4v) is 4.80. The molecule has 3 unspecified atom stereocenters. The molecule has 0 radical (unpaired) electrons. The summed E-state index contributed by atoms with van der Waals surface area (Å²) in [7, 11) is -4.27. The van der Waals surface area contributed by atoms with E-state index in [-0.39, 0.29) is 30.3 Å². The third kappa shape index (κ3) is 5.27. The quantitative estimate of drug-likeness (QED) is 0.565. The first-order valence-electron chi connectivity index (χ1n) is 9.31. The molecule has 1 fully saturated rings. The third-order valence-corrected chi connectivity index (χ3v) is 6.68. The molecule has 4 N–H and O–H groups in total. The van der Waals surface area contributed by atoms with Crippen LogP contribution in [0.2, 0.25) is 0 Å². The molecule has 0 aromatic carbocycles. The number of aromatic nitrogens is 1. The number of nitrogens with two attached hydrogens (primary N) is 1. The predicted molar refractivity (Wildman–Crippen MR) is 102 cm³/mol. The molecule has 2 amide bonds. The van der Waals surface area contributed by atoms with Crippen LogP contribution in [0, 0.1) is 11.8 Å². The average molecular weight is 413 g/mol. The van der Waals surface area contributed by atoms with E-state index in [1.54, 1.807) is 13.0 Å². The van der Waals surface area contributed by atoms with Crippen molar-refractivity contribution in [2.45, 2.75) is 50.3 Å². The number of amides is 2. The number of nitrogens with zero attached hydrogens (tertiary/aromatic N) is 2. The zero-order chi connectivity index (χ0) is 20.9. The molecule has 0 bridgehead atoms. The molecule has 10 heteroatoms. The highest BCUT2D eigenvalue weighted by Crippen LogP contribution is 2.26. The van der Waals surface area contributed by atoms with Crippen LogP contribution in [0.25, 0.3) is 0 Å². The summed E-state index contributed by atoms with van der Waals surface area (Å²) in [5.41, 5.74) is 5.24. The minimum absolute atomic E-state index is 0.0564. The van der Waals surface area contributed by atoms with E-state index in [0.29, 0.717) is 13.0 Å². The van der Waals surface area contributed by atoms with Crippen molar-refractivity contribution in [1.29, 1.82) is 0 Å². The van der Waals surface area contributed by atoms with Crippen LogP contribution < -0.4 is 11.1 Å². The van der Waals surface area contributed by atoms with Gasteiger partial charge in [-0.15, -0.1) is 0 Å². The SMILES string of the molecule is CC1CNC[C@H](O)C(N(C(=O)CCC(C)C(N)=O)S(=O)(=O)c2ccccn2)C1. The number of carbonyl (C=O) groups is 2. The number of hydrogen-bond donors (Lipinski definition) is 3. The highest BCUT2D eigenvalue weighted by atomic mass is 32.2. The molecule has 2 rings (SSSR count). The predicted octanol–water partition coefficient (Wildman–Crippen LogP) is -0.141. The summed E-state index contributed by atoms with van der Waals surface area (Å²) in [5.74, 6) is -1.75. The molecule has 1 aromatic heterocycles. The third-order valence-electron chi connectivity index (χ3n) is 4.92. The summed E-state index contributed by atoms with van der Waals surface area (Å²) in [4.78, 5) is 28.1. The Morgan fingerprint density at radius 2 is 2.11 bits per heavy atom. The Bertz CT molecular complexity index is 786. The number of aliphatic hydroxyl groups is 1. The van der Waals surface area contributed by atoms with Crippen LogP contribution in [0.1, 0.15) is 33.1 Å². The fourth-order valence-electron chi connectivity index (χ4n) is 3.21. The van der Waals surface area contributed by atoms with E-state index in [1.165, 1.54) is 18.3 Å². The number of sulfonamides is 1. The molecule has 1 aliphatic rings. The number of primary amides is 1. The van der Waals surface area contributed by atoms with Crippen LogP contribution in [0.5, 0.6) is 0 Å². The first kappa shape index (κ1) is 22.3. The Morgan fingerprint density at radius 1 is 1.39 bits per heavy atom. The van der Waals surface area contributed by atoms with Gasteiger partial charge in [0, 0.05) is 25.1 Å². The van der Waals surface area contributed by atoms with Crippen molar-refractivity contribution in [3.63, 3.8) is 0 Å². The van der Waals surface area contributed by atoms with Gasteiger partial charge in [0.25, 0.3) is 10.0 Å². The summed E-state index contributed by atoms with van der Waals surface area (Å²) >= 11 is 0. The van der Waals surface area contributed by atoms with Gasteiger partial charge in [0.15, 0.2) is 5.03 Å². The Balaban J connectivity index is 2.40. The second-order valence-electron chi connectivity index (χ2n) is 7.34. The van der Waals surface area contributed by atoms with Gasteiger partial charge in [-0.3, -0.25) is 9.59 Å². The van der Waals surface area contributed by atoms with Crippen LogP contribution in [0.4, 0.5) is 0 Å². The molecule has 0 aliphatic carbocycles. The number of nitrogens with one attached hydrogen (secondary N) is 1. The molecule has 2 heterocycles. The Labute approximate surface area is 165 Å². The maximum Gasteiger partial charge on any atom is 0.284 e. The molecule has 4 atom stereocenters. The smallest absolute Gasteiger partial charge is 0.284 e. The van der Waals surface area contributed by atoms with E-state index in [0.717, 1.165) is 4.31 Å².